The third-order valence-electron chi connectivity index (χ3n) is 5.20. The zero-order valence-corrected chi connectivity index (χ0v) is 19.8. The summed E-state index contributed by atoms with van der Waals surface area (Å²) in [5.74, 6) is 0.916. The summed E-state index contributed by atoms with van der Waals surface area (Å²) in [6, 6.07) is 5.90. The minimum Gasteiger partial charge on any atom is -0.383 e. The maximum absolute atomic E-state index is 12.9. The summed E-state index contributed by atoms with van der Waals surface area (Å²) in [5, 5.41) is 12.5. The number of fused-ring (bicyclic) bond motifs is 1. The smallest absolute Gasteiger partial charge is 0.383 e. The van der Waals surface area contributed by atoms with Gasteiger partial charge in [0.25, 0.3) is 0 Å². The van der Waals surface area contributed by atoms with Gasteiger partial charge in [-0.2, -0.15) is 13.2 Å². The molecular formula is C23H30F3N5OS. The number of hydrogen-bond donors (Lipinski definition) is 1. The van der Waals surface area contributed by atoms with Gasteiger partial charge in [-0.25, -0.2) is 0 Å². The number of aryl methyl sites for hydroxylation is 1. The molecule has 1 N–H and O–H groups in total. The van der Waals surface area contributed by atoms with Crippen LogP contribution in [-0.2, 0) is 24.0 Å². The van der Waals surface area contributed by atoms with Crippen molar-refractivity contribution in [3.05, 3.63) is 47.9 Å². The van der Waals surface area contributed by atoms with Crippen molar-refractivity contribution < 1.29 is 17.9 Å². The van der Waals surface area contributed by atoms with Gasteiger partial charge in [0, 0.05) is 48.9 Å². The van der Waals surface area contributed by atoms with Gasteiger partial charge in [-0.1, -0.05) is 24.1 Å². The lowest BCUT2D eigenvalue weighted by Gasteiger charge is -2.10. The van der Waals surface area contributed by atoms with E-state index in [1.165, 1.54) is 6.07 Å². The number of methoxy groups -OCH3 is 1. The fraction of sp³-hybridized carbons (Fsp3) is 0.522. The van der Waals surface area contributed by atoms with Gasteiger partial charge in [-0.15, -0.1) is 16.9 Å². The Balaban J connectivity index is 1.35. The number of unbranched alkanes of at least 4 members (excludes halogenated alkanes) is 3. The molecule has 0 saturated carbocycles. The normalized spacial score (nSPS) is 13.0. The summed E-state index contributed by atoms with van der Waals surface area (Å²) in [6.07, 6.45) is 3.44. The molecule has 0 aliphatic carbocycles. The molecule has 0 radical (unpaired) electrons. The molecule has 1 unspecified atom stereocenters. The Morgan fingerprint density at radius 2 is 1.97 bits per heavy atom. The zero-order chi connectivity index (χ0) is 23.7. The Morgan fingerprint density at radius 3 is 2.76 bits per heavy atom. The fourth-order valence-corrected chi connectivity index (χ4v) is 4.51. The summed E-state index contributed by atoms with van der Waals surface area (Å²) in [7, 11) is 1.68. The van der Waals surface area contributed by atoms with Crippen LogP contribution in [0.5, 0.6) is 0 Å². The van der Waals surface area contributed by atoms with E-state index in [2.05, 4.69) is 27.5 Å². The molecule has 1 atom stereocenters. The third kappa shape index (κ3) is 7.97. The standard InChI is InChI=1S/C23H30F3N5OS/c1-17(16-32-2)28-14-19-15-31(30-29-19)11-5-3-4-6-12-33-22-9-10-27-21-13-18(23(24,25)26)7-8-20(21)22/h7-10,13,15,17,28H,3-6,11-12,14,16H2,1-2H3. The van der Waals surface area contributed by atoms with E-state index >= 15 is 0 Å². The molecule has 10 heteroatoms. The molecule has 3 aromatic rings. The largest absolute Gasteiger partial charge is 0.416 e. The number of hydrogen-bond acceptors (Lipinski definition) is 6. The monoisotopic (exact) mass is 481 g/mol. The number of halogens is 3. The number of rotatable bonds is 13. The van der Waals surface area contributed by atoms with Crippen LogP contribution in [0.2, 0.25) is 0 Å². The molecule has 1 aromatic carbocycles. The van der Waals surface area contributed by atoms with E-state index < -0.39 is 11.7 Å². The van der Waals surface area contributed by atoms with E-state index in [-0.39, 0.29) is 6.04 Å². The van der Waals surface area contributed by atoms with Gasteiger partial charge in [-0.3, -0.25) is 9.67 Å². The van der Waals surface area contributed by atoms with Crippen LogP contribution in [0.15, 0.2) is 41.6 Å². The van der Waals surface area contributed by atoms with Gasteiger partial charge in [0.05, 0.1) is 23.4 Å². The SMILES string of the molecule is COCC(C)NCc1cn(CCCCCCSc2ccnc3cc(C(F)(F)F)ccc23)nn1. The van der Waals surface area contributed by atoms with Crippen molar-refractivity contribution in [2.24, 2.45) is 0 Å². The average Bonchev–Trinajstić information content (AvgIpc) is 3.24. The van der Waals surface area contributed by atoms with Crippen LogP contribution in [0.4, 0.5) is 13.2 Å². The highest BCUT2D eigenvalue weighted by atomic mass is 32.2. The van der Waals surface area contributed by atoms with Crippen molar-refractivity contribution in [1.29, 1.82) is 0 Å². The predicted molar refractivity (Wildman–Crippen MR) is 124 cm³/mol. The number of alkyl halides is 3. The topological polar surface area (TPSA) is 64.9 Å². The summed E-state index contributed by atoms with van der Waals surface area (Å²) in [6.45, 7) is 4.23. The van der Waals surface area contributed by atoms with Gasteiger partial charge in [-0.05, 0) is 43.7 Å². The van der Waals surface area contributed by atoms with Gasteiger partial charge in [0.1, 0.15) is 0 Å². The summed E-state index contributed by atoms with van der Waals surface area (Å²) < 4.78 is 45.7. The van der Waals surface area contributed by atoms with Crippen molar-refractivity contribution in [2.75, 3.05) is 19.5 Å². The maximum atomic E-state index is 12.9. The Labute approximate surface area is 196 Å². The highest BCUT2D eigenvalue weighted by molar-refractivity contribution is 7.99. The van der Waals surface area contributed by atoms with Crippen LogP contribution in [0.25, 0.3) is 10.9 Å². The Kier molecular flexibility index (Phi) is 9.52. The molecule has 2 heterocycles. The minimum atomic E-state index is -4.35. The predicted octanol–water partition coefficient (Wildman–Crippen LogP) is 5.32. The van der Waals surface area contributed by atoms with E-state index in [1.54, 1.807) is 25.1 Å². The van der Waals surface area contributed by atoms with Crippen molar-refractivity contribution in [1.82, 2.24) is 25.3 Å². The van der Waals surface area contributed by atoms with Crippen molar-refractivity contribution in [3.8, 4) is 0 Å². The molecule has 0 aliphatic rings. The highest BCUT2D eigenvalue weighted by Crippen LogP contribution is 2.33. The maximum Gasteiger partial charge on any atom is 0.416 e. The quantitative estimate of drug-likeness (QED) is 0.263. The minimum absolute atomic E-state index is 0.264. The lowest BCUT2D eigenvalue weighted by Crippen LogP contribution is -2.29. The number of pyridine rings is 1. The van der Waals surface area contributed by atoms with Gasteiger partial charge < -0.3 is 10.1 Å². The van der Waals surface area contributed by atoms with E-state index in [9.17, 15) is 13.2 Å². The molecule has 0 fully saturated rings. The lowest BCUT2D eigenvalue weighted by molar-refractivity contribution is -0.137. The summed E-state index contributed by atoms with van der Waals surface area (Å²) in [5.41, 5.74) is 0.632. The van der Waals surface area contributed by atoms with Crippen LogP contribution in [-0.4, -0.2) is 45.5 Å². The zero-order valence-electron chi connectivity index (χ0n) is 18.9. The van der Waals surface area contributed by atoms with E-state index in [0.717, 1.165) is 66.1 Å². The second kappa shape index (κ2) is 12.3. The van der Waals surface area contributed by atoms with Crippen molar-refractivity contribution in [2.45, 2.75) is 62.8 Å². The van der Waals surface area contributed by atoms with E-state index in [1.807, 2.05) is 16.9 Å². The van der Waals surface area contributed by atoms with Crippen molar-refractivity contribution >= 4 is 22.7 Å². The summed E-state index contributed by atoms with van der Waals surface area (Å²) >= 11 is 1.67. The van der Waals surface area contributed by atoms with Crippen LogP contribution in [0.3, 0.4) is 0 Å². The molecule has 0 saturated heterocycles. The average molecular weight is 482 g/mol. The Bertz CT molecular complexity index is 1010. The molecule has 0 aliphatic heterocycles. The second-order valence-electron chi connectivity index (χ2n) is 8.01. The first-order valence-corrected chi connectivity index (χ1v) is 12.1. The van der Waals surface area contributed by atoms with Crippen LogP contribution < -0.4 is 5.32 Å². The van der Waals surface area contributed by atoms with Crippen LogP contribution in [0, 0.1) is 0 Å². The number of benzene rings is 1. The molecule has 33 heavy (non-hydrogen) atoms. The first kappa shape index (κ1) is 25.5. The fourth-order valence-electron chi connectivity index (χ4n) is 3.45. The molecule has 0 spiro atoms. The molecular weight excluding hydrogens is 451 g/mol. The molecule has 0 amide bonds. The first-order valence-electron chi connectivity index (χ1n) is 11.1. The molecule has 3 rings (SSSR count). The molecule has 180 valence electrons. The molecule has 0 bridgehead atoms. The van der Waals surface area contributed by atoms with Crippen LogP contribution >= 0.6 is 11.8 Å². The second-order valence-corrected chi connectivity index (χ2v) is 9.15. The van der Waals surface area contributed by atoms with Gasteiger partial charge in [0.2, 0.25) is 0 Å². The van der Waals surface area contributed by atoms with Gasteiger partial charge >= 0.3 is 6.18 Å². The lowest BCUT2D eigenvalue weighted by atomic mass is 10.1. The number of thioether (sulfide) groups is 1. The summed E-state index contributed by atoms with van der Waals surface area (Å²) in [4.78, 5) is 5.08. The van der Waals surface area contributed by atoms with E-state index in [4.69, 9.17) is 4.74 Å². The molecule has 6 nitrogen and oxygen atoms in total. The Morgan fingerprint density at radius 1 is 1.15 bits per heavy atom. The number of ether oxygens (including phenoxy) is 1. The first-order chi connectivity index (χ1) is 15.9. The number of nitrogens with one attached hydrogen (secondary N) is 1. The van der Waals surface area contributed by atoms with Gasteiger partial charge in [0.15, 0.2) is 0 Å². The number of aromatic nitrogens is 4. The third-order valence-corrected chi connectivity index (χ3v) is 6.36. The Hall–Kier alpha value is -2.17. The molecule has 2 aromatic heterocycles. The van der Waals surface area contributed by atoms with Crippen molar-refractivity contribution in [3.63, 3.8) is 0 Å². The number of nitrogens with zero attached hydrogens (tertiary/aromatic N) is 4. The highest BCUT2D eigenvalue weighted by Gasteiger charge is 2.30. The van der Waals surface area contributed by atoms with Crippen LogP contribution in [0.1, 0.15) is 43.9 Å². The van der Waals surface area contributed by atoms with E-state index in [0.29, 0.717) is 18.7 Å².